The Bertz CT molecular complexity index is 389. The first-order valence-electron chi connectivity index (χ1n) is 4.79. The normalized spacial score (nSPS) is 9.63. The summed E-state index contributed by atoms with van der Waals surface area (Å²) in [7, 11) is 0. The lowest BCUT2D eigenvalue weighted by molar-refractivity contribution is -0.192. The summed E-state index contributed by atoms with van der Waals surface area (Å²) in [4.78, 5) is 19.1. The van der Waals surface area contributed by atoms with E-state index in [4.69, 9.17) is 15.0 Å². The van der Waals surface area contributed by atoms with Gasteiger partial charge < -0.3 is 15.7 Å². The summed E-state index contributed by atoms with van der Waals surface area (Å²) in [5, 5.41) is 15.5. The number of halogens is 3. The Morgan fingerprint density at radius 3 is 1.79 bits per heavy atom. The fourth-order valence-electron chi connectivity index (χ4n) is 0.896. The fraction of sp³-hybridized carbons (Fsp3) is 0.273. The third-order valence-electron chi connectivity index (χ3n) is 1.71. The van der Waals surface area contributed by atoms with Gasteiger partial charge in [0.25, 0.3) is 0 Å². The maximum absolute atomic E-state index is 10.6. The van der Waals surface area contributed by atoms with E-state index >= 15 is 0 Å². The quantitative estimate of drug-likeness (QED) is 0.876. The minimum atomic E-state index is -5.08. The Hall–Kier alpha value is -2.09. The van der Waals surface area contributed by atoms with Crippen molar-refractivity contribution in [2.24, 2.45) is 0 Å². The van der Waals surface area contributed by atoms with Crippen LogP contribution in [0.5, 0.6) is 0 Å². The molecule has 0 radical (unpaired) electrons. The molecule has 4 N–H and O–H groups in total. The third-order valence-corrected chi connectivity index (χ3v) is 1.71. The van der Waals surface area contributed by atoms with E-state index in [9.17, 15) is 18.0 Å². The highest BCUT2D eigenvalue weighted by molar-refractivity contribution is 5.73. The number of aliphatic carboxylic acids is 2. The second kappa shape index (κ2) is 8.92. The van der Waals surface area contributed by atoms with Gasteiger partial charge >= 0.3 is 18.1 Å². The van der Waals surface area contributed by atoms with Gasteiger partial charge in [0.15, 0.2) is 0 Å². The van der Waals surface area contributed by atoms with Gasteiger partial charge in [0.05, 0.1) is 0 Å². The molecular formula is C11H13F3O5. The summed E-state index contributed by atoms with van der Waals surface area (Å²) in [5.41, 5.74) is 1.08. The minimum absolute atomic E-state index is 0. The van der Waals surface area contributed by atoms with Crippen LogP contribution in [0.4, 0.5) is 13.2 Å². The molecule has 0 aliphatic heterocycles. The van der Waals surface area contributed by atoms with Crippen LogP contribution in [0.25, 0.3) is 0 Å². The van der Waals surface area contributed by atoms with E-state index in [1.54, 1.807) is 0 Å². The summed E-state index contributed by atoms with van der Waals surface area (Å²) >= 11 is 0. The van der Waals surface area contributed by atoms with E-state index in [-0.39, 0.29) is 11.9 Å². The number of alkyl halides is 3. The molecule has 0 heterocycles. The molecule has 0 spiro atoms. The van der Waals surface area contributed by atoms with E-state index in [0.29, 0.717) is 6.42 Å². The monoisotopic (exact) mass is 282 g/mol. The lowest BCUT2D eigenvalue weighted by atomic mass is 10.1. The van der Waals surface area contributed by atoms with Crippen molar-refractivity contribution in [3.8, 4) is 0 Å². The van der Waals surface area contributed by atoms with Gasteiger partial charge in [0, 0.05) is 6.42 Å². The highest BCUT2D eigenvalue weighted by Gasteiger charge is 2.38. The molecule has 0 unspecified atom stereocenters. The van der Waals surface area contributed by atoms with Crippen LogP contribution in [0.1, 0.15) is 12.0 Å². The van der Waals surface area contributed by atoms with Crippen molar-refractivity contribution in [1.82, 2.24) is 0 Å². The van der Waals surface area contributed by atoms with Crippen LogP contribution in [0.3, 0.4) is 0 Å². The fourth-order valence-corrected chi connectivity index (χ4v) is 0.896. The van der Waals surface area contributed by atoms with Gasteiger partial charge in [-0.2, -0.15) is 13.2 Å². The van der Waals surface area contributed by atoms with Crippen LogP contribution >= 0.6 is 0 Å². The predicted molar refractivity (Wildman–Crippen MR) is 59.7 cm³/mol. The molecule has 0 fully saturated rings. The highest BCUT2D eigenvalue weighted by Crippen LogP contribution is 2.13. The van der Waals surface area contributed by atoms with Crippen LogP contribution in [0.15, 0.2) is 30.3 Å². The van der Waals surface area contributed by atoms with Crippen LogP contribution in [0, 0.1) is 0 Å². The molecule has 0 aliphatic carbocycles. The average molecular weight is 282 g/mol. The summed E-state index contributed by atoms with van der Waals surface area (Å²) < 4.78 is 31.7. The standard InChI is InChI=1S/C9H10O2.C2HF3O2.H2O/c10-9(11)7-6-8-4-2-1-3-5-8;3-2(4,5)1(6)7;/h1-5H,6-7H2,(H,10,11);(H,6,7);1H2. The van der Waals surface area contributed by atoms with Gasteiger partial charge in [0.2, 0.25) is 0 Å². The maximum Gasteiger partial charge on any atom is 0.490 e. The lowest BCUT2D eigenvalue weighted by Gasteiger charge is -1.95. The van der Waals surface area contributed by atoms with Crippen LogP contribution < -0.4 is 0 Å². The van der Waals surface area contributed by atoms with Gasteiger partial charge in [-0.15, -0.1) is 0 Å². The molecule has 5 nitrogen and oxygen atoms in total. The third kappa shape index (κ3) is 10.8. The van der Waals surface area contributed by atoms with Crippen LogP contribution in [0.2, 0.25) is 0 Å². The first-order chi connectivity index (χ1) is 8.23. The van der Waals surface area contributed by atoms with Crippen molar-refractivity contribution < 1.29 is 38.4 Å². The number of benzene rings is 1. The minimum Gasteiger partial charge on any atom is -0.481 e. The van der Waals surface area contributed by atoms with Crippen molar-refractivity contribution in [3.63, 3.8) is 0 Å². The molecule has 0 atom stereocenters. The van der Waals surface area contributed by atoms with Crippen molar-refractivity contribution in [3.05, 3.63) is 35.9 Å². The summed E-state index contributed by atoms with van der Waals surface area (Å²) in [6, 6.07) is 9.62. The molecule has 1 aromatic rings. The topological polar surface area (TPSA) is 106 Å². The number of rotatable bonds is 3. The average Bonchev–Trinajstić information content (AvgIpc) is 2.27. The number of hydrogen-bond donors (Lipinski definition) is 2. The number of carbonyl (C=O) groups is 2. The van der Waals surface area contributed by atoms with Crippen LogP contribution in [-0.2, 0) is 16.0 Å². The zero-order valence-electron chi connectivity index (χ0n) is 9.65. The molecule has 0 bridgehead atoms. The van der Waals surface area contributed by atoms with Crippen molar-refractivity contribution in [2.75, 3.05) is 0 Å². The first-order valence-corrected chi connectivity index (χ1v) is 4.79. The molecule has 0 aliphatic rings. The summed E-state index contributed by atoms with van der Waals surface area (Å²) in [6.45, 7) is 0. The Labute approximate surface area is 106 Å². The Kier molecular flexibility index (Phi) is 9.04. The predicted octanol–water partition coefficient (Wildman–Crippen LogP) is 1.51. The maximum atomic E-state index is 10.6. The number of hydrogen-bond acceptors (Lipinski definition) is 2. The van der Waals surface area contributed by atoms with Gasteiger partial charge in [-0.1, -0.05) is 30.3 Å². The Balaban J connectivity index is 0. The molecule has 19 heavy (non-hydrogen) atoms. The number of carboxylic acid groups (broad SMARTS) is 2. The lowest BCUT2D eigenvalue weighted by Crippen LogP contribution is -2.21. The van der Waals surface area contributed by atoms with E-state index < -0.39 is 18.1 Å². The van der Waals surface area contributed by atoms with E-state index in [1.807, 2.05) is 30.3 Å². The molecule has 0 saturated carbocycles. The largest absolute Gasteiger partial charge is 0.490 e. The first kappa shape index (κ1) is 19.3. The van der Waals surface area contributed by atoms with E-state index in [1.165, 1.54) is 0 Å². The smallest absolute Gasteiger partial charge is 0.481 e. The second-order valence-corrected chi connectivity index (χ2v) is 3.18. The van der Waals surface area contributed by atoms with Crippen molar-refractivity contribution in [2.45, 2.75) is 19.0 Å². The molecular weight excluding hydrogens is 269 g/mol. The van der Waals surface area contributed by atoms with Gasteiger partial charge in [-0.05, 0) is 12.0 Å². The molecule has 0 saturated heterocycles. The molecule has 1 aromatic carbocycles. The molecule has 108 valence electrons. The Morgan fingerprint density at radius 2 is 1.47 bits per heavy atom. The van der Waals surface area contributed by atoms with Gasteiger partial charge in [-0.25, -0.2) is 4.79 Å². The Morgan fingerprint density at radius 1 is 1.05 bits per heavy atom. The van der Waals surface area contributed by atoms with Crippen LogP contribution in [-0.4, -0.2) is 33.8 Å². The molecule has 1 rings (SSSR count). The highest BCUT2D eigenvalue weighted by atomic mass is 19.4. The van der Waals surface area contributed by atoms with Crippen molar-refractivity contribution >= 4 is 11.9 Å². The van der Waals surface area contributed by atoms with Gasteiger partial charge in [0.1, 0.15) is 0 Å². The zero-order chi connectivity index (χ0) is 14.2. The second-order valence-electron chi connectivity index (χ2n) is 3.18. The zero-order valence-corrected chi connectivity index (χ0v) is 9.65. The molecule has 8 heteroatoms. The summed E-state index contributed by atoms with van der Waals surface area (Å²) in [5.74, 6) is -3.50. The number of aryl methyl sites for hydroxylation is 1. The summed E-state index contributed by atoms with van der Waals surface area (Å²) in [6.07, 6.45) is -4.25. The molecule has 0 amide bonds. The van der Waals surface area contributed by atoms with Gasteiger partial charge in [-0.3, -0.25) is 4.79 Å². The van der Waals surface area contributed by atoms with Crippen molar-refractivity contribution in [1.29, 1.82) is 0 Å². The molecule has 0 aromatic heterocycles. The van der Waals surface area contributed by atoms with E-state index in [2.05, 4.69) is 0 Å². The van der Waals surface area contributed by atoms with E-state index in [0.717, 1.165) is 5.56 Å². The SMILES string of the molecule is O.O=C(O)C(F)(F)F.O=C(O)CCc1ccccc1. The number of carboxylic acids is 2.